The molecule has 0 fully saturated rings. The molecule has 3 heteroatoms. The van der Waals surface area contributed by atoms with Crippen LogP contribution >= 0.6 is 0 Å². The zero-order valence-electron chi connectivity index (χ0n) is 10.3. The lowest BCUT2D eigenvalue weighted by Crippen LogP contribution is -2.23. The van der Waals surface area contributed by atoms with Gasteiger partial charge in [-0.05, 0) is 32.4 Å². The van der Waals surface area contributed by atoms with Crippen LogP contribution in [0.2, 0.25) is 0 Å². The van der Waals surface area contributed by atoms with Crippen LogP contribution < -0.4 is 5.32 Å². The van der Waals surface area contributed by atoms with Gasteiger partial charge in [0.2, 0.25) is 0 Å². The molecule has 0 spiro atoms. The maximum absolute atomic E-state index is 11.6. The third-order valence-electron chi connectivity index (χ3n) is 2.42. The summed E-state index contributed by atoms with van der Waals surface area (Å²) in [6.07, 6.45) is 10.3. The first-order chi connectivity index (χ1) is 8.24. The molecule has 3 nitrogen and oxygen atoms in total. The summed E-state index contributed by atoms with van der Waals surface area (Å²) in [5.41, 5.74) is 1.96. The molecular formula is C14H18N2O. The van der Waals surface area contributed by atoms with E-state index in [1.54, 1.807) is 24.5 Å². The Balaban J connectivity index is 2.30. The molecule has 0 radical (unpaired) electrons. The SMILES string of the molecule is C/C=C(/C)C/C=C\CNC(=O)c1ccncc1. The molecule has 1 amide bonds. The van der Waals surface area contributed by atoms with Gasteiger partial charge in [0.15, 0.2) is 0 Å². The van der Waals surface area contributed by atoms with Gasteiger partial charge in [-0.1, -0.05) is 23.8 Å². The summed E-state index contributed by atoms with van der Waals surface area (Å²) in [5, 5.41) is 2.82. The number of nitrogens with zero attached hydrogens (tertiary/aromatic N) is 1. The lowest BCUT2D eigenvalue weighted by molar-refractivity contribution is 0.0958. The normalized spacial score (nSPS) is 11.8. The summed E-state index contributed by atoms with van der Waals surface area (Å²) in [5.74, 6) is -0.0696. The van der Waals surface area contributed by atoms with E-state index in [-0.39, 0.29) is 5.91 Å². The number of hydrogen-bond donors (Lipinski definition) is 1. The Bertz CT molecular complexity index is 407. The van der Waals surface area contributed by atoms with E-state index in [1.807, 2.05) is 13.0 Å². The number of carbonyl (C=O) groups excluding carboxylic acids is 1. The molecule has 0 aromatic carbocycles. The Hall–Kier alpha value is -1.90. The third-order valence-corrected chi connectivity index (χ3v) is 2.42. The number of aromatic nitrogens is 1. The van der Waals surface area contributed by atoms with Crippen molar-refractivity contribution in [1.82, 2.24) is 10.3 Å². The van der Waals surface area contributed by atoms with Crippen molar-refractivity contribution in [3.05, 3.63) is 53.9 Å². The van der Waals surface area contributed by atoms with Crippen LogP contribution in [0.4, 0.5) is 0 Å². The number of allylic oxidation sites excluding steroid dienone is 3. The van der Waals surface area contributed by atoms with Gasteiger partial charge in [-0.15, -0.1) is 0 Å². The number of nitrogens with one attached hydrogen (secondary N) is 1. The molecule has 0 aliphatic rings. The molecule has 0 bridgehead atoms. The molecule has 17 heavy (non-hydrogen) atoms. The molecule has 0 atom stereocenters. The standard InChI is InChI=1S/C14H18N2O/c1-3-12(2)6-4-5-9-16-14(17)13-7-10-15-11-8-13/h3-5,7-8,10-11H,6,9H2,1-2H3,(H,16,17)/b5-4-,12-3-. The fraction of sp³-hybridized carbons (Fsp3) is 0.286. The zero-order chi connectivity index (χ0) is 12.5. The van der Waals surface area contributed by atoms with Crippen LogP contribution in [0.1, 0.15) is 30.6 Å². The van der Waals surface area contributed by atoms with Crippen molar-refractivity contribution in [2.45, 2.75) is 20.3 Å². The number of pyridine rings is 1. The van der Waals surface area contributed by atoms with Gasteiger partial charge in [0.25, 0.3) is 5.91 Å². The smallest absolute Gasteiger partial charge is 0.251 e. The first-order valence-corrected chi connectivity index (χ1v) is 5.69. The van der Waals surface area contributed by atoms with E-state index in [2.05, 4.69) is 29.4 Å². The second kappa shape index (κ2) is 7.39. The first kappa shape index (κ1) is 13.2. The topological polar surface area (TPSA) is 42.0 Å². The Kier molecular flexibility index (Phi) is 5.72. The van der Waals surface area contributed by atoms with Crippen molar-refractivity contribution in [1.29, 1.82) is 0 Å². The Morgan fingerprint density at radius 1 is 1.35 bits per heavy atom. The lowest BCUT2D eigenvalue weighted by Gasteiger charge is -2.01. The molecule has 1 rings (SSSR count). The van der Waals surface area contributed by atoms with Gasteiger partial charge in [-0.3, -0.25) is 9.78 Å². The largest absolute Gasteiger partial charge is 0.349 e. The van der Waals surface area contributed by atoms with E-state index in [9.17, 15) is 4.79 Å². The molecule has 1 aromatic rings. The molecular weight excluding hydrogens is 212 g/mol. The van der Waals surface area contributed by atoms with Gasteiger partial charge < -0.3 is 5.32 Å². The van der Waals surface area contributed by atoms with Crippen LogP contribution in [0, 0.1) is 0 Å². The zero-order valence-corrected chi connectivity index (χ0v) is 10.3. The number of hydrogen-bond acceptors (Lipinski definition) is 2. The van der Waals surface area contributed by atoms with Crippen molar-refractivity contribution >= 4 is 5.91 Å². The average Bonchev–Trinajstić information content (AvgIpc) is 2.38. The van der Waals surface area contributed by atoms with Crippen LogP contribution in [-0.2, 0) is 0 Å². The summed E-state index contributed by atoms with van der Waals surface area (Å²) in [7, 11) is 0. The second-order valence-electron chi connectivity index (χ2n) is 3.76. The monoisotopic (exact) mass is 230 g/mol. The minimum absolute atomic E-state index is 0.0696. The second-order valence-corrected chi connectivity index (χ2v) is 3.76. The van der Waals surface area contributed by atoms with E-state index < -0.39 is 0 Å². The predicted molar refractivity (Wildman–Crippen MR) is 69.8 cm³/mol. The molecule has 1 aromatic heterocycles. The highest BCUT2D eigenvalue weighted by atomic mass is 16.1. The Morgan fingerprint density at radius 3 is 2.71 bits per heavy atom. The van der Waals surface area contributed by atoms with E-state index in [0.29, 0.717) is 12.1 Å². The molecule has 0 saturated carbocycles. The first-order valence-electron chi connectivity index (χ1n) is 5.69. The Morgan fingerprint density at radius 2 is 2.06 bits per heavy atom. The van der Waals surface area contributed by atoms with Crippen LogP contribution in [0.3, 0.4) is 0 Å². The van der Waals surface area contributed by atoms with Crippen molar-refractivity contribution < 1.29 is 4.79 Å². The van der Waals surface area contributed by atoms with Gasteiger partial charge in [-0.2, -0.15) is 0 Å². The van der Waals surface area contributed by atoms with Crippen LogP contribution in [-0.4, -0.2) is 17.4 Å². The third kappa shape index (κ3) is 5.11. The summed E-state index contributed by atoms with van der Waals surface area (Å²) in [4.78, 5) is 15.5. The highest BCUT2D eigenvalue weighted by Gasteiger charge is 2.01. The molecule has 0 unspecified atom stereocenters. The summed E-state index contributed by atoms with van der Waals surface area (Å²) < 4.78 is 0. The van der Waals surface area contributed by atoms with Crippen molar-refractivity contribution in [3.8, 4) is 0 Å². The highest BCUT2D eigenvalue weighted by Crippen LogP contribution is 1.99. The summed E-state index contributed by atoms with van der Waals surface area (Å²) in [6, 6.07) is 3.39. The molecule has 0 saturated heterocycles. The van der Waals surface area contributed by atoms with Gasteiger partial charge >= 0.3 is 0 Å². The maximum atomic E-state index is 11.6. The van der Waals surface area contributed by atoms with Gasteiger partial charge in [0, 0.05) is 24.5 Å². The summed E-state index contributed by atoms with van der Waals surface area (Å²) in [6.45, 7) is 4.66. The number of rotatable bonds is 5. The van der Waals surface area contributed by atoms with E-state index >= 15 is 0 Å². The van der Waals surface area contributed by atoms with Gasteiger partial charge in [0.05, 0.1) is 0 Å². The van der Waals surface area contributed by atoms with Gasteiger partial charge in [0.1, 0.15) is 0 Å². The van der Waals surface area contributed by atoms with Crippen LogP contribution in [0.5, 0.6) is 0 Å². The molecule has 90 valence electrons. The van der Waals surface area contributed by atoms with Crippen molar-refractivity contribution in [2.24, 2.45) is 0 Å². The lowest BCUT2D eigenvalue weighted by atomic mass is 10.2. The molecule has 1 heterocycles. The number of amides is 1. The maximum Gasteiger partial charge on any atom is 0.251 e. The quantitative estimate of drug-likeness (QED) is 0.790. The fourth-order valence-electron chi connectivity index (χ4n) is 1.23. The molecule has 0 aliphatic carbocycles. The van der Waals surface area contributed by atoms with Crippen molar-refractivity contribution in [3.63, 3.8) is 0 Å². The Labute approximate surface area is 102 Å². The minimum Gasteiger partial charge on any atom is -0.349 e. The fourth-order valence-corrected chi connectivity index (χ4v) is 1.23. The predicted octanol–water partition coefficient (Wildman–Crippen LogP) is 2.72. The van der Waals surface area contributed by atoms with Crippen molar-refractivity contribution in [2.75, 3.05) is 6.54 Å². The van der Waals surface area contributed by atoms with E-state index in [4.69, 9.17) is 0 Å². The number of carbonyl (C=O) groups is 1. The van der Waals surface area contributed by atoms with Crippen LogP contribution in [0.15, 0.2) is 48.3 Å². The highest BCUT2D eigenvalue weighted by molar-refractivity contribution is 5.94. The average molecular weight is 230 g/mol. The molecule has 1 N–H and O–H groups in total. The van der Waals surface area contributed by atoms with E-state index in [0.717, 1.165) is 6.42 Å². The summed E-state index contributed by atoms with van der Waals surface area (Å²) >= 11 is 0. The molecule has 0 aliphatic heterocycles. The minimum atomic E-state index is -0.0696. The van der Waals surface area contributed by atoms with Crippen LogP contribution in [0.25, 0.3) is 0 Å². The van der Waals surface area contributed by atoms with E-state index in [1.165, 1.54) is 5.57 Å². The van der Waals surface area contributed by atoms with Gasteiger partial charge in [-0.25, -0.2) is 0 Å².